The Morgan fingerprint density at radius 1 is 1.13 bits per heavy atom. The van der Waals surface area contributed by atoms with E-state index in [0.717, 1.165) is 0 Å². The van der Waals surface area contributed by atoms with Crippen LogP contribution in [-0.2, 0) is 0 Å². The number of rotatable bonds is 5. The van der Waals surface area contributed by atoms with Crippen LogP contribution in [0.5, 0.6) is 0 Å². The van der Waals surface area contributed by atoms with Crippen molar-refractivity contribution in [3.8, 4) is 0 Å². The van der Waals surface area contributed by atoms with E-state index >= 15 is 0 Å². The Bertz CT molecular complexity index is 304. The highest BCUT2D eigenvalue weighted by atomic mass is 14.9. The molecule has 1 nitrogen and oxygen atoms in total. The second-order valence-electron chi connectivity index (χ2n) is 4.34. The van der Waals surface area contributed by atoms with E-state index in [1.165, 1.54) is 36.1 Å². The standard InChI is InChI=1S/C14H23N/c1-5-7-13(6-2)15-14-9-8-11(3)12(4)10-14/h8-10,13,15H,5-7H2,1-4H3. The zero-order chi connectivity index (χ0) is 11.3. The van der Waals surface area contributed by atoms with Gasteiger partial charge >= 0.3 is 0 Å². The Labute approximate surface area is 93.9 Å². The predicted octanol–water partition coefficient (Wildman–Crippen LogP) is 4.29. The van der Waals surface area contributed by atoms with Gasteiger partial charge in [0.1, 0.15) is 0 Å². The molecule has 1 rings (SSSR count). The molecule has 0 spiro atoms. The Morgan fingerprint density at radius 3 is 2.40 bits per heavy atom. The first-order chi connectivity index (χ1) is 7.17. The van der Waals surface area contributed by atoms with E-state index < -0.39 is 0 Å². The Balaban J connectivity index is 2.66. The molecule has 0 aliphatic heterocycles. The number of benzene rings is 1. The first-order valence-corrected chi connectivity index (χ1v) is 6.01. The van der Waals surface area contributed by atoms with Crippen LogP contribution >= 0.6 is 0 Å². The Morgan fingerprint density at radius 2 is 1.87 bits per heavy atom. The van der Waals surface area contributed by atoms with Gasteiger partial charge in [-0.3, -0.25) is 0 Å². The van der Waals surface area contributed by atoms with Gasteiger partial charge in [-0.1, -0.05) is 26.3 Å². The van der Waals surface area contributed by atoms with Crippen molar-refractivity contribution < 1.29 is 0 Å². The fourth-order valence-electron chi connectivity index (χ4n) is 1.79. The second kappa shape index (κ2) is 5.79. The third kappa shape index (κ3) is 3.58. The van der Waals surface area contributed by atoms with Crippen LogP contribution in [0, 0.1) is 13.8 Å². The van der Waals surface area contributed by atoms with Gasteiger partial charge in [0.05, 0.1) is 0 Å². The minimum absolute atomic E-state index is 0.622. The van der Waals surface area contributed by atoms with Crippen LogP contribution in [0.1, 0.15) is 44.2 Å². The lowest BCUT2D eigenvalue weighted by molar-refractivity contribution is 0.623. The van der Waals surface area contributed by atoms with Gasteiger partial charge in [-0.25, -0.2) is 0 Å². The van der Waals surface area contributed by atoms with Crippen LogP contribution in [0.15, 0.2) is 18.2 Å². The molecule has 0 heterocycles. The molecule has 0 aliphatic carbocycles. The molecule has 0 saturated heterocycles. The summed E-state index contributed by atoms with van der Waals surface area (Å²) in [6.45, 7) is 8.81. The van der Waals surface area contributed by atoms with Gasteiger partial charge in [0.25, 0.3) is 0 Å². The molecule has 0 radical (unpaired) electrons. The first kappa shape index (κ1) is 12.1. The monoisotopic (exact) mass is 205 g/mol. The molecule has 1 N–H and O–H groups in total. The van der Waals surface area contributed by atoms with Crippen LogP contribution in [0.2, 0.25) is 0 Å². The van der Waals surface area contributed by atoms with Crippen molar-refractivity contribution in [3.63, 3.8) is 0 Å². The summed E-state index contributed by atoms with van der Waals surface area (Å²) in [5, 5.41) is 3.60. The molecule has 0 bridgehead atoms. The largest absolute Gasteiger partial charge is 0.382 e. The topological polar surface area (TPSA) is 12.0 Å². The maximum atomic E-state index is 3.60. The van der Waals surface area contributed by atoms with Crippen molar-refractivity contribution >= 4 is 5.69 Å². The summed E-state index contributed by atoms with van der Waals surface area (Å²) in [4.78, 5) is 0. The second-order valence-corrected chi connectivity index (χ2v) is 4.34. The van der Waals surface area contributed by atoms with Crippen LogP contribution in [0.25, 0.3) is 0 Å². The fraction of sp³-hybridized carbons (Fsp3) is 0.571. The van der Waals surface area contributed by atoms with Crippen molar-refractivity contribution in [2.24, 2.45) is 0 Å². The SMILES string of the molecule is CCCC(CC)Nc1ccc(C)c(C)c1. The Hall–Kier alpha value is -0.980. The smallest absolute Gasteiger partial charge is 0.0345 e. The zero-order valence-corrected chi connectivity index (χ0v) is 10.4. The molecule has 0 amide bonds. The van der Waals surface area contributed by atoms with Crippen molar-refractivity contribution in [1.82, 2.24) is 0 Å². The van der Waals surface area contributed by atoms with E-state index in [-0.39, 0.29) is 0 Å². The molecule has 0 aliphatic rings. The summed E-state index contributed by atoms with van der Waals surface area (Å²) in [6, 6.07) is 7.24. The Kier molecular flexibility index (Phi) is 4.67. The number of anilines is 1. The highest BCUT2D eigenvalue weighted by molar-refractivity contribution is 5.48. The lowest BCUT2D eigenvalue weighted by Gasteiger charge is -2.18. The molecule has 0 fully saturated rings. The maximum absolute atomic E-state index is 3.60. The molecule has 1 heteroatoms. The van der Waals surface area contributed by atoms with Gasteiger partial charge in [-0.2, -0.15) is 0 Å². The van der Waals surface area contributed by atoms with Crippen molar-refractivity contribution in [2.45, 2.75) is 53.0 Å². The highest BCUT2D eigenvalue weighted by Gasteiger charge is 2.04. The van der Waals surface area contributed by atoms with Gasteiger partial charge in [0.2, 0.25) is 0 Å². The zero-order valence-electron chi connectivity index (χ0n) is 10.4. The fourth-order valence-corrected chi connectivity index (χ4v) is 1.79. The molecule has 1 atom stereocenters. The number of nitrogens with one attached hydrogen (secondary N) is 1. The van der Waals surface area contributed by atoms with Gasteiger partial charge in [0.15, 0.2) is 0 Å². The number of aryl methyl sites for hydroxylation is 2. The van der Waals surface area contributed by atoms with Crippen LogP contribution < -0.4 is 5.32 Å². The third-order valence-electron chi connectivity index (χ3n) is 3.01. The third-order valence-corrected chi connectivity index (χ3v) is 3.01. The summed E-state index contributed by atoms with van der Waals surface area (Å²) in [6.07, 6.45) is 3.69. The molecular formula is C14H23N. The summed E-state index contributed by atoms with van der Waals surface area (Å²) in [5.74, 6) is 0. The summed E-state index contributed by atoms with van der Waals surface area (Å²) < 4.78 is 0. The average molecular weight is 205 g/mol. The van der Waals surface area contributed by atoms with Crippen molar-refractivity contribution in [3.05, 3.63) is 29.3 Å². The maximum Gasteiger partial charge on any atom is 0.0345 e. The van der Waals surface area contributed by atoms with E-state index in [2.05, 4.69) is 51.2 Å². The van der Waals surface area contributed by atoms with Crippen LogP contribution in [-0.4, -0.2) is 6.04 Å². The van der Waals surface area contributed by atoms with Crippen LogP contribution in [0.4, 0.5) is 5.69 Å². The molecule has 1 aromatic carbocycles. The molecule has 0 saturated carbocycles. The molecule has 84 valence electrons. The molecular weight excluding hydrogens is 182 g/mol. The molecule has 0 aromatic heterocycles. The number of hydrogen-bond donors (Lipinski definition) is 1. The van der Waals surface area contributed by atoms with E-state index in [4.69, 9.17) is 0 Å². The normalized spacial score (nSPS) is 12.5. The van der Waals surface area contributed by atoms with Crippen LogP contribution in [0.3, 0.4) is 0 Å². The summed E-state index contributed by atoms with van der Waals surface area (Å²) in [5.41, 5.74) is 3.99. The van der Waals surface area contributed by atoms with E-state index in [0.29, 0.717) is 6.04 Å². The van der Waals surface area contributed by atoms with Gasteiger partial charge in [0, 0.05) is 11.7 Å². The van der Waals surface area contributed by atoms with Gasteiger partial charge < -0.3 is 5.32 Å². The van der Waals surface area contributed by atoms with E-state index in [1.807, 2.05) is 0 Å². The minimum atomic E-state index is 0.622. The van der Waals surface area contributed by atoms with E-state index in [1.54, 1.807) is 0 Å². The van der Waals surface area contributed by atoms with Gasteiger partial charge in [-0.15, -0.1) is 0 Å². The number of hydrogen-bond acceptors (Lipinski definition) is 1. The molecule has 1 aromatic rings. The minimum Gasteiger partial charge on any atom is -0.382 e. The summed E-state index contributed by atoms with van der Waals surface area (Å²) >= 11 is 0. The summed E-state index contributed by atoms with van der Waals surface area (Å²) in [7, 11) is 0. The van der Waals surface area contributed by atoms with Crippen molar-refractivity contribution in [2.75, 3.05) is 5.32 Å². The molecule has 1 unspecified atom stereocenters. The van der Waals surface area contributed by atoms with Crippen molar-refractivity contribution in [1.29, 1.82) is 0 Å². The predicted molar refractivity (Wildman–Crippen MR) is 68.5 cm³/mol. The highest BCUT2D eigenvalue weighted by Crippen LogP contribution is 2.17. The quantitative estimate of drug-likeness (QED) is 0.756. The van der Waals surface area contributed by atoms with Gasteiger partial charge in [-0.05, 0) is 49.9 Å². The lowest BCUT2D eigenvalue weighted by Crippen LogP contribution is -2.17. The lowest BCUT2D eigenvalue weighted by atomic mass is 10.1. The molecule has 15 heavy (non-hydrogen) atoms. The van der Waals surface area contributed by atoms with E-state index in [9.17, 15) is 0 Å². The first-order valence-electron chi connectivity index (χ1n) is 6.01. The average Bonchev–Trinajstić information content (AvgIpc) is 2.23.